The number of esters is 1. The van der Waals surface area contributed by atoms with Crippen LogP contribution in [-0.4, -0.2) is 23.8 Å². The fourth-order valence-electron chi connectivity index (χ4n) is 1.73. The van der Waals surface area contributed by atoms with Crippen molar-refractivity contribution in [1.82, 2.24) is 4.98 Å². The van der Waals surface area contributed by atoms with Gasteiger partial charge in [-0.25, -0.2) is 9.37 Å². The molecule has 1 aromatic heterocycles. The van der Waals surface area contributed by atoms with E-state index in [4.69, 9.17) is 11.2 Å². The van der Waals surface area contributed by atoms with Crippen molar-refractivity contribution >= 4 is 28.7 Å². The minimum absolute atomic E-state index is 0.116. The molecular weight excluding hydrogens is 317 g/mol. The van der Waals surface area contributed by atoms with Gasteiger partial charge in [0.2, 0.25) is 5.13 Å². The number of ether oxygens (including phenoxy) is 1. The lowest BCUT2D eigenvalue weighted by atomic mass is 10.1. The van der Waals surface area contributed by atoms with E-state index in [1.807, 2.05) is 0 Å². The SMILES string of the molecule is C#Cc1cc(F)cc(C=NNc2nc(CC(=O)OCC)cs2)c1. The van der Waals surface area contributed by atoms with E-state index < -0.39 is 5.82 Å². The van der Waals surface area contributed by atoms with E-state index in [1.165, 1.54) is 29.7 Å². The fraction of sp³-hybridized carbons (Fsp3) is 0.188. The molecule has 23 heavy (non-hydrogen) atoms. The maximum Gasteiger partial charge on any atom is 0.311 e. The summed E-state index contributed by atoms with van der Waals surface area (Å²) in [4.78, 5) is 15.6. The summed E-state index contributed by atoms with van der Waals surface area (Å²) in [6.07, 6.45) is 6.81. The molecule has 0 unspecified atom stereocenters. The summed E-state index contributed by atoms with van der Waals surface area (Å²) in [7, 11) is 0. The summed E-state index contributed by atoms with van der Waals surface area (Å²) in [5.74, 6) is 1.62. The number of hydrazone groups is 1. The van der Waals surface area contributed by atoms with Gasteiger partial charge in [-0.15, -0.1) is 17.8 Å². The number of benzene rings is 1. The van der Waals surface area contributed by atoms with Crippen LogP contribution < -0.4 is 5.43 Å². The van der Waals surface area contributed by atoms with Crippen LogP contribution in [0.1, 0.15) is 23.7 Å². The van der Waals surface area contributed by atoms with Gasteiger partial charge in [0.05, 0.1) is 24.9 Å². The van der Waals surface area contributed by atoms with Crippen molar-refractivity contribution in [1.29, 1.82) is 0 Å². The Labute approximate surface area is 137 Å². The molecule has 1 heterocycles. The molecule has 2 rings (SSSR count). The molecule has 0 bridgehead atoms. The van der Waals surface area contributed by atoms with Crippen molar-refractivity contribution in [3.8, 4) is 12.3 Å². The highest BCUT2D eigenvalue weighted by molar-refractivity contribution is 7.13. The zero-order valence-electron chi connectivity index (χ0n) is 12.4. The van der Waals surface area contributed by atoms with Crippen molar-refractivity contribution in [2.45, 2.75) is 13.3 Å². The summed E-state index contributed by atoms with van der Waals surface area (Å²) in [5.41, 5.74) is 4.31. The Balaban J connectivity index is 1.96. The molecule has 0 fully saturated rings. The van der Waals surface area contributed by atoms with Gasteiger partial charge in [-0.1, -0.05) is 5.92 Å². The lowest BCUT2D eigenvalue weighted by Crippen LogP contribution is -2.07. The van der Waals surface area contributed by atoms with Crippen molar-refractivity contribution in [3.63, 3.8) is 0 Å². The highest BCUT2D eigenvalue weighted by Gasteiger charge is 2.07. The maximum atomic E-state index is 13.3. The molecular formula is C16H14FN3O2S. The lowest BCUT2D eigenvalue weighted by Gasteiger charge is -1.98. The monoisotopic (exact) mass is 331 g/mol. The van der Waals surface area contributed by atoms with E-state index in [0.29, 0.717) is 28.6 Å². The minimum Gasteiger partial charge on any atom is -0.466 e. The Morgan fingerprint density at radius 3 is 3.13 bits per heavy atom. The summed E-state index contributed by atoms with van der Waals surface area (Å²) in [5, 5.41) is 6.24. The summed E-state index contributed by atoms with van der Waals surface area (Å²) >= 11 is 1.31. The summed E-state index contributed by atoms with van der Waals surface area (Å²) < 4.78 is 18.2. The predicted molar refractivity (Wildman–Crippen MR) is 88.0 cm³/mol. The first-order valence-electron chi connectivity index (χ1n) is 6.77. The van der Waals surface area contributed by atoms with Gasteiger partial charge in [-0.05, 0) is 30.7 Å². The molecule has 1 N–H and O–H groups in total. The lowest BCUT2D eigenvalue weighted by molar-refractivity contribution is -0.142. The van der Waals surface area contributed by atoms with Gasteiger partial charge in [0.15, 0.2) is 0 Å². The zero-order chi connectivity index (χ0) is 16.7. The van der Waals surface area contributed by atoms with Crippen LogP contribution in [0, 0.1) is 18.2 Å². The molecule has 7 heteroatoms. The van der Waals surface area contributed by atoms with E-state index in [1.54, 1.807) is 18.4 Å². The second-order valence-corrected chi connectivity index (χ2v) is 5.27. The number of hydrogen-bond donors (Lipinski definition) is 1. The number of thiazole rings is 1. The number of hydrogen-bond acceptors (Lipinski definition) is 6. The topological polar surface area (TPSA) is 63.6 Å². The molecule has 5 nitrogen and oxygen atoms in total. The van der Waals surface area contributed by atoms with Gasteiger partial charge in [-0.3, -0.25) is 10.2 Å². The first-order valence-corrected chi connectivity index (χ1v) is 7.65. The van der Waals surface area contributed by atoms with E-state index in [2.05, 4.69) is 21.4 Å². The first-order chi connectivity index (χ1) is 11.1. The van der Waals surface area contributed by atoms with Crippen molar-refractivity contribution < 1.29 is 13.9 Å². The Morgan fingerprint density at radius 2 is 2.39 bits per heavy atom. The van der Waals surface area contributed by atoms with Crippen LogP contribution in [0.5, 0.6) is 0 Å². The molecule has 1 aromatic carbocycles. The van der Waals surface area contributed by atoms with Gasteiger partial charge in [0.1, 0.15) is 5.82 Å². The zero-order valence-corrected chi connectivity index (χ0v) is 13.2. The van der Waals surface area contributed by atoms with Crippen LogP contribution >= 0.6 is 11.3 Å². The fourth-order valence-corrected chi connectivity index (χ4v) is 2.39. The van der Waals surface area contributed by atoms with Crippen LogP contribution in [0.4, 0.5) is 9.52 Å². The predicted octanol–water partition coefficient (Wildman–Crippen LogP) is 2.82. The molecule has 0 radical (unpaired) electrons. The van der Waals surface area contributed by atoms with Crippen molar-refractivity contribution in [2.75, 3.05) is 12.0 Å². The number of anilines is 1. The Hall–Kier alpha value is -2.72. The number of carbonyl (C=O) groups excluding carboxylic acids is 1. The van der Waals surface area contributed by atoms with Crippen molar-refractivity contribution in [2.24, 2.45) is 5.10 Å². The number of carbonyl (C=O) groups is 1. The van der Waals surface area contributed by atoms with Crippen LogP contribution in [-0.2, 0) is 16.0 Å². The first kappa shape index (κ1) is 16.6. The van der Waals surface area contributed by atoms with E-state index in [0.717, 1.165) is 0 Å². The van der Waals surface area contributed by atoms with E-state index in [9.17, 15) is 9.18 Å². The maximum absolute atomic E-state index is 13.3. The van der Waals surface area contributed by atoms with Crippen LogP contribution in [0.2, 0.25) is 0 Å². The number of nitrogens with one attached hydrogen (secondary N) is 1. The quantitative estimate of drug-likeness (QED) is 0.383. The van der Waals surface area contributed by atoms with Gasteiger partial charge in [0.25, 0.3) is 0 Å². The van der Waals surface area contributed by atoms with Crippen LogP contribution in [0.25, 0.3) is 0 Å². The minimum atomic E-state index is -0.423. The molecule has 0 saturated heterocycles. The normalized spacial score (nSPS) is 10.5. The summed E-state index contributed by atoms with van der Waals surface area (Å²) in [6, 6.07) is 4.23. The van der Waals surface area contributed by atoms with Gasteiger partial charge in [0, 0.05) is 10.9 Å². The molecule has 0 aliphatic heterocycles. The second kappa shape index (κ2) is 8.06. The van der Waals surface area contributed by atoms with Gasteiger partial charge in [-0.2, -0.15) is 5.10 Å². The largest absolute Gasteiger partial charge is 0.466 e. The van der Waals surface area contributed by atoms with Crippen LogP contribution in [0.3, 0.4) is 0 Å². The third-order valence-electron chi connectivity index (χ3n) is 2.64. The summed E-state index contributed by atoms with van der Waals surface area (Å²) in [6.45, 7) is 2.09. The Kier molecular flexibility index (Phi) is 5.83. The molecule has 118 valence electrons. The third kappa shape index (κ3) is 5.20. The number of rotatable bonds is 6. The Bertz CT molecular complexity index is 765. The molecule has 0 saturated carbocycles. The third-order valence-corrected chi connectivity index (χ3v) is 3.44. The van der Waals surface area contributed by atoms with Crippen molar-refractivity contribution in [3.05, 3.63) is 46.2 Å². The van der Waals surface area contributed by atoms with Gasteiger partial charge >= 0.3 is 5.97 Å². The van der Waals surface area contributed by atoms with E-state index >= 15 is 0 Å². The average Bonchev–Trinajstić information content (AvgIpc) is 2.94. The van der Waals surface area contributed by atoms with Gasteiger partial charge < -0.3 is 4.74 Å². The molecule has 0 amide bonds. The number of terminal acetylenes is 1. The highest BCUT2D eigenvalue weighted by Crippen LogP contribution is 2.16. The number of halogens is 1. The second-order valence-electron chi connectivity index (χ2n) is 4.41. The molecule has 2 aromatic rings. The smallest absolute Gasteiger partial charge is 0.311 e. The van der Waals surface area contributed by atoms with E-state index in [-0.39, 0.29) is 12.4 Å². The molecule has 0 atom stereocenters. The van der Waals surface area contributed by atoms with Crippen LogP contribution in [0.15, 0.2) is 28.7 Å². The number of aromatic nitrogens is 1. The Morgan fingerprint density at radius 1 is 1.57 bits per heavy atom. The highest BCUT2D eigenvalue weighted by atomic mass is 32.1. The molecule has 0 aliphatic carbocycles. The standard InChI is InChI=1S/C16H14FN3O2S/c1-3-11-5-12(7-13(17)6-11)9-18-20-16-19-14(10-23-16)8-15(21)22-4-2/h1,5-7,9-10H,4,8H2,2H3,(H,19,20). The number of nitrogens with zero attached hydrogens (tertiary/aromatic N) is 2. The molecule has 0 aliphatic rings. The average molecular weight is 331 g/mol. The molecule has 0 spiro atoms.